The number of nitrogens with zero attached hydrogens (tertiary/aromatic N) is 2. The quantitative estimate of drug-likeness (QED) is 0.849. The highest BCUT2D eigenvalue weighted by atomic mass is 15.1. The van der Waals surface area contributed by atoms with E-state index in [1.807, 2.05) is 0 Å². The van der Waals surface area contributed by atoms with Crippen molar-refractivity contribution in [1.82, 2.24) is 14.9 Å². The summed E-state index contributed by atoms with van der Waals surface area (Å²) in [5, 5.41) is 3.66. The van der Waals surface area contributed by atoms with E-state index in [2.05, 4.69) is 55.9 Å². The molecule has 1 saturated heterocycles. The summed E-state index contributed by atoms with van der Waals surface area (Å²) in [5.74, 6) is 1.18. The molecule has 0 saturated carbocycles. The largest absolute Gasteiger partial charge is 0.330 e. The van der Waals surface area contributed by atoms with E-state index in [1.165, 1.54) is 29.7 Å². The Hall–Kier alpha value is -1.35. The highest BCUT2D eigenvalue weighted by Crippen LogP contribution is 2.40. The molecule has 2 heterocycles. The van der Waals surface area contributed by atoms with Gasteiger partial charge in [-0.2, -0.15) is 0 Å². The SMILES string of the molecule is Cc1cccc2nc(C3NCCCC3(C)C)n(C)c12. The van der Waals surface area contributed by atoms with Crippen molar-refractivity contribution in [2.24, 2.45) is 12.5 Å². The van der Waals surface area contributed by atoms with Gasteiger partial charge in [0.15, 0.2) is 0 Å². The molecule has 3 nitrogen and oxygen atoms in total. The maximum Gasteiger partial charge on any atom is 0.127 e. The van der Waals surface area contributed by atoms with Gasteiger partial charge in [-0.25, -0.2) is 4.98 Å². The molecule has 1 N–H and O–H groups in total. The number of hydrogen-bond donors (Lipinski definition) is 1. The number of hydrogen-bond acceptors (Lipinski definition) is 2. The summed E-state index contributed by atoms with van der Waals surface area (Å²) in [5.41, 5.74) is 3.94. The Balaban J connectivity index is 2.15. The summed E-state index contributed by atoms with van der Waals surface area (Å²) in [4.78, 5) is 4.89. The lowest BCUT2D eigenvalue weighted by Gasteiger charge is -2.38. The number of aromatic nitrogens is 2. The molecule has 0 radical (unpaired) electrons. The number of aryl methyl sites for hydroxylation is 2. The maximum absolute atomic E-state index is 4.89. The Morgan fingerprint density at radius 3 is 2.84 bits per heavy atom. The fraction of sp³-hybridized carbons (Fsp3) is 0.562. The first-order valence-electron chi connectivity index (χ1n) is 7.16. The van der Waals surface area contributed by atoms with Crippen molar-refractivity contribution in [2.75, 3.05) is 6.54 Å². The van der Waals surface area contributed by atoms with E-state index in [1.54, 1.807) is 0 Å². The van der Waals surface area contributed by atoms with Crippen LogP contribution in [-0.4, -0.2) is 16.1 Å². The third kappa shape index (κ3) is 1.96. The fourth-order valence-corrected chi connectivity index (χ4v) is 3.39. The van der Waals surface area contributed by atoms with E-state index < -0.39 is 0 Å². The second kappa shape index (κ2) is 4.34. The number of para-hydroxylation sites is 1. The number of imidazole rings is 1. The second-order valence-electron chi connectivity index (χ2n) is 6.45. The zero-order chi connectivity index (χ0) is 13.6. The molecule has 102 valence electrons. The smallest absolute Gasteiger partial charge is 0.127 e. The van der Waals surface area contributed by atoms with E-state index in [4.69, 9.17) is 4.98 Å². The summed E-state index contributed by atoms with van der Waals surface area (Å²) < 4.78 is 2.27. The molecule has 1 aromatic heterocycles. The Labute approximate surface area is 115 Å². The third-order valence-electron chi connectivity index (χ3n) is 4.52. The minimum Gasteiger partial charge on any atom is -0.330 e. The predicted octanol–water partition coefficient (Wildman–Crippen LogP) is 3.33. The van der Waals surface area contributed by atoms with Crippen LogP contribution in [0, 0.1) is 12.3 Å². The van der Waals surface area contributed by atoms with E-state index >= 15 is 0 Å². The van der Waals surface area contributed by atoms with Crippen LogP contribution in [0.25, 0.3) is 11.0 Å². The molecular weight excluding hydrogens is 234 g/mol. The Morgan fingerprint density at radius 2 is 2.16 bits per heavy atom. The van der Waals surface area contributed by atoms with Crippen LogP contribution >= 0.6 is 0 Å². The molecule has 1 atom stereocenters. The molecule has 0 amide bonds. The highest BCUT2D eigenvalue weighted by molar-refractivity contribution is 5.79. The minimum atomic E-state index is 0.265. The fourth-order valence-electron chi connectivity index (χ4n) is 3.39. The highest BCUT2D eigenvalue weighted by Gasteiger charge is 2.36. The average molecular weight is 257 g/mol. The van der Waals surface area contributed by atoms with Crippen molar-refractivity contribution in [1.29, 1.82) is 0 Å². The van der Waals surface area contributed by atoms with Crippen molar-refractivity contribution >= 4 is 11.0 Å². The number of rotatable bonds is 1. The van der Waals surface area contributed by atoms with E-state index in [0.29, 0.717) is 6.04 Å². The van der Waals surface area contributed by atoms with Gasteiger partial charge in [0, 0.05) is 7.05 Å². The van der Waals surface area contributed by atoms with Crippen LogP contribution in [0.1, 0.15) is 44.1 Å². The molecule has 1 aliphatic rings. The molecular formula is C16H23N3. The molecule has 0 bridgehead atoms. The summed E-state index contributed by atoms with van der Waals surface area (Å²) in [6, 6.07) is 6.71. The number of fused-ring (bicyclic) bond motifs is 1. The van der Waals surface area contributed by atoms with Gasteiger partial charge < -0.3 is 9.88 Å². The van der Waals surface area contributed by atoms with Gasteiger partial charge in [-0.1, -0.05) is 26.0 Å². The lowest BCUT2D eigenvalue weighted by Crippen LogP contribution is -2.41. The predicted molar refractivity (Wildman–Crippen MR) is 79.2 cm³/mol. The zero-order valence-corrected chi connectivity index (χ0v) is 12.3. The molecule has 0 spiro atoms. The first kappa shape index (κ1) is 12.7. The topological polar surface area (TPSA) is 29.9 Å². The van der Waals surface area contributed by atoms with E-state index in [9.17, 15) is 0 Å². The van der Waals surface area contributed by atoms with Gasteiger partial charge in [0.05, 0.1) is 17.1 Å². The first-order chi connectivity index (χ1) is 9.00. The van der Waals surface area contributed by atoms with Crippen molar-refractivity contribution in [3.8, 4) is 0 Å². The van der Waals surface area contributed by atoms with Crippen LogP contribution in [-0.2, 0) is 7.05 Å². The Morgan fingerprint density at radius 1 is 1.37 bits per heavy atom. The molecule has 1 aromatic carbocycles. The van der Waals surface area contributed by atoms with Crippen molar-refractivity contribution < 1.29 is 0 Å². The van der Waals surface area contributed by atoms with Crippen LogP contribution in [0.3, 0.4) is 0 Å². The van der Waals surface area contributed by atoms with Crippen molar-refractivity contribution in [3.63, 3.8) is 0 Å². The second-order valence-corrected chi connectivity index (χ2v) is 6.45. The zero-order valence-electron chi connectivity index (χ0n) is 12.3. The molecule has 1 aliphatic heterocycles. The standard InChI is InChI=1S/C16H23N3/c1-11-7-5-8-12-13(11)19(4)15(18-12)14-16(2,3)9-6-10-17-14/h5,7-8,14,17H,6,9-10H2,1-4H3. The average Bonchev–Trinajstić information content (AvgIpc) is 2.67. The minimum absolute atomic E-state index is 0.265. The van der Waals surface area contributed by atoms with Gasteiger partial charge in [0.1, 0.15) is 5.82 Å². The van der Waals surface area contributed by atoms with E-state index in [0.717, 1.165) is 12.1 Å². The van der Waals surface area contributed by atoms with Crippen LogP contribution < -0.4 is 5.32 Å². The Kier molecular flexibility index (Phi) is 2.90. The van der Waals surface area contributed by atoms with Gasteiger partial charge in [0.2, 0.25) is 0 Å². The van der Waals surface area contributed by atoms with Crippen molar-refractivity contribution in [3.05, 3.63) is 29.6 Å². The summed E-state index contributed by atoms with van der Waals surface area (Å²) in [6.07, 6.45) is 2.51. The first-order valence-corrected chi connectivity index (χ1v) is 7.16. The molecule has 3 heteroatoms. The number of piperidine rings is 1. The monoisotopic (exact) mass is 257 g/mol. The molecule has 1 fully saturated rings. The van der Waals surface area contributed by atoms with Gasteiger partial charge in [-0.05, 0) is 43.4 Å². The van der Waals surface area contributed by atoms with Gasteiger partial charge in [-0.3, -0.25) is 0 Å². The number of benzene rings is 1. The van der Waals surface area contributed by atoms with Crippen molar-refractivity contribution in [2.45, 2.75) is 39.7 Å². The van der Waals surface area contributed by atoms with Crippen LogP contribution in [0.4, 0.5) is 0 Å². The maximum atomic E-state index is 4.89. The molecule has 3 rings (SSSR count). The lowest BCUT2D eigenvalue weighted by molar-refractivity contribution is 0.172. The number of nitrogens with one attached hydrogen (secondary N) is 1. The van der Waals surface area contributed by atoms with Crippen LogP contribution in [0.2, 0.25) is 0 Å². The molecule has 1 unspecified atom stereocenters. The van der Waals surface area contributed by atoms with Gasteiger partial charge >= 0.3 is 0 Å². The van der Waals surface area contributed by atoms with Crippen LogP contribution in [0.5, 0.6) is 0 Å². The summed E-state index contributed by atoms with van der Waals surface area (Å²) in [7, 11) is 2.14. The summed E-state index contributed by atoms with van der Waals surface area (Å²) >= 11 is 0. The van der Waals surface area contributed by atoms with Gasteiger partial charge in [-0.15, -0.1) is 0 Å². The third-order valence-corrected chi connectivity index (χ3v) is 4.52. The Bertz CT molecular complexity index is 610. The normalized spacial score (nSPS) is 22.8. The van der Waals surface area contributed by atoms with Gasteiger partial charge in [0.25, 0.3) is 0 Å². The summed E-state index contributed by atoms with van der Waals surface area (Å²) in [6.45, 7) is 7.94. The lowest BCUT2D eigenvalue weighted by atomic mass is 9.77. The van der Waals surface area contributed by atoms with Crippen LogP contribution in [0.15, 0.2) is 18.2 Å². The molecule has 0 aliphatic carbocycles. The molecule has 19 heavy (non-hydrogen) atoms. The van der Waals surface area contributed by atoms with E-state index in [-0.39, 0.29) is 5.41 Å². The molecule has 2 aromatic rings.